The van der Waals surface area contributed by atoms with E-state index in [1.807, 2.05) is 6.92 Å². The molecule has 1 aliphatic rings. The molecule has 1 aromatic rings. The van der Waals surface area contributed by atoms with Crippen molar-refractivity contribution in [3.05, 3.63) is 35.4 Å². The molecule has 0 spiro atoms. The molecule has 0 radical (unpaired) electrons. The van der Waals surface area contributed by atoms with Gasteiger partial charge in [0, 0.05) is 5.54 Å². The lowest BCUT2D eigenvalue weighted by molar-refractivity contribution is -0.123. The number of benzene rings is 1. The molecule has 18 heavy (non-hydrogen) atoms. The number of carboxylic acids is 1. The molecule has 2 rings (SSSR count). The van der Waals surface area contributed by atoms with E-state index in [2.05, 4.69) is 5.32 Å². The van der Waals surface area contributed by atoms with Crippen molar-refractivity contribution < 1.29 is 14.7 Å². The van der Waals surface area contributed by atoms with Crippen LogP contribution in [-0.4, -0.2) is 22.5 Å². The van der Waals surface area contributed by atoms with Gasteiger partial charge >= 0.3 is 5.97 Å². The second kappa shape index (κ2) is 4.80. The molecule has 0 aliphatic heterocycles. The lowest BCUT2D eigenvalue weighted by Crippen LogP contribution is -2.51. The van der Waals surface area contributed by atoms with Gasteiger partial charge in [-0.2, -0.15) is 0 Å². The predicted molar refractivity (Wildman–Crippen MR) is 67.5 cm³/mol. The fraction of sp³-hybridized carbons (Fsp3) is 0.429. The van der Waals surface area contributed by atoms with Crippen LogP contribution in [0.25, 0.3) is 0 Å². The fourth-order valence-electron chi connectivity index (χ4n) is 2.27. The first-order valence-corrected chi connectivity index (χ1v) is 6.12. The Bertz CT molecular complexity index is 478. The van der Waals surface area contributed by atoms with Gasteiger partial charge in [0.25, 0.3) is 0 Å². The molecular formula is C14H17NO3. The van der Waals surface area contributed by atoms with E-state index >= 15 is 0 Å². The maximum Gasteiger partial charge on any atom is 0.335 e. The number of hydrogen-bond donors (Lipinski definition) is 2. The Labute approximate surface area is 106 Å². The predicted octanol–water partition coefficient (Wildman–Crippen LogP) is 1.99. The molecule has 4 heteroatoms. The Balaban J connectivity index is 2.05. The molecule has 1 amide bonds. The van der Waals surface area contributed by atoms with Crippen LogP contribution in [0.4, 0.5) is 0 Å². The SMILES string of the molecule is CC1(NC(=O)Cc2ccccc2C(=O)O)CCC1. The van der Waals surface area contributed by atoms with Crippen LogP contribution in [0.2, 0.25) is 0 Å². The largest absolute Gasteiger partial charge is 0.478 e. The summed E-state index contributed by atoms with van der Waals surface area (Å²) >= 11 is 0. The second-order valence-corrected chi connectivity index (χ2v) is 5.10. The van der Waals surface area contributed by atoms with Crippen LogP contribution < -0.4 is 5.32 Å². The number of amides is 1. The minimum Gasteiger partial charge on any atom is -0.478 e. The van der Waals surface area contributed by atoms with Gasteiger partial charge < -0.3 is 10.4 Å². The van der Waals surface area contributed by atoms with Crippen LogP contribution >= 0.6 is 0 Å². The quantitative estimate of drug-likeness (QED) is 0.855. The number of nitrogens with one attached hydrogen (secondary N) is 1. The molecule has 0 saturated heterocycles. The van der Waals surface area contributed by atoms with Gasteiger partial charge in [-0.1, -0.05) is 18.2 Å². The number of hydrogen-bond acceptors (Lipinski definition) is 2. The van der Waals surface area contributed by atoms with Gasteiger partial charge in [0.15, 0.2) is 0 Å². The second-order valence-electron chi connectivity index (χ2n) is 5.10. The Kier molecular flexibility index (Phi) is 3.36. The summed E-state index contributed by atoms with van der Waals surface area (Å²) in [4.78, 5) is 22.9. The van der Waals surface area contributed by atoms with Gasteiger partial charge in [-0.05, 0) is 37.8 Å². The highest BCUT2D eigenvalue weighted by atomic mass is 16.4. The van der Waals surface area contributed by atoms with E-state index < -0.39 is 5.97 Å². The molecule has 96 valence electrons. The first-order chi connectivity index (χ1) is 8.50. The van der Waals surface area contributed by atoms with Crippen LogP contribution in [0.1, 0.15) is 42.1 Å². The number of carboxylic acid groups (broad SMARTS) is 1. The maximum absolute atomic E-state index is 11.9. The third-order valence-corrected chi connectivity index (χ3v) is 3.50. The third kappa shape index (κ3) is 2.70. The molecule has 1 saturated carbocycles. The highest BCUT2D eigenvalue weighted by molar-refractivity contribution is 5.91. The highest BCUT2D eigenvalue weighted by Crippen LogP contribution is 2.30. The minimum absolute atomic E-state index is 0.0880. The van der Waals surface area contributed by atoms with Crippen molar-refractivity contribution in [1.29, 1.82) is 0 Å². The summed E-state index contributed by atoms with van der Waals surface area (Å²) in [6.45, 7) is 2.03. The van der Waals surface area contributed by atoms with Gasteiger partial charge in [0.05, 0.1) is 12.0 Å². The van der Waals surface area contributed by atoms with E-state index in [4.69, 9.17) is 5.11 Å². The summed E-state index contributed by atoms with van der Waals surface area (Å²) in [5, 5.41) is 12.0. The number of carbonyl (C=O) groups excluding carboxylic acids is 1. The van der Waals surface area contributed by atoms with Gasteiger partial charge in [-0.3, -0.25) is 4.79 Å². The first kappa shape index (κ1) is 12.6. The van der Waals surface area contributed by atoms with E-state index in [0.717, 1.165) is 19.3 Å². The molecule has 4 nitrogen and oxygen atoms in total. The van der Waals surface area contributed by atoms with Crippen LogP contribution in [-0.2, 0) is 11.2 Å². The minimum atomic E-state index is -0.992. The lowest BCUT2D eigenvalue weighted by atomic mass is 9.78. The number of carbonyl (C=O) groups is 2. The summed E-state index contributed by atoms with van der Waals surface area (Å²) in [6.07, 6.45) is 3.26. The van der Waals surface area contributed by atoms with Crippen molar-refractivity contribution in [2.24, 2.45) is 0 Å². The standard InChI is InChI=1S/C14H17NO3/c1-14(7-4-8-14)15-12(16)9-10-5-2-3-6-11(10)13(17)18/h2-3,5-6H,4,7-9H2,1H3,(H,15,16)(H,17,18). The molecule has 0 bridgehead atoms. The average molecular weight is 247 g/mol. The maximum atomic E-state index is 11.9. The van der Waals surface area contributed by atoms with Gasteiger partial charge in [-0.25, -0.2) is 4.79 Å². The Hall–Kier alpha value is -1.84. The zero-order valence-electron chi connectivity index (χ0n) is 10.4. The molecule has 0 atom stereocenters. The van der Waals surface area contributed by atoms with Crippen molar-refractivity contribution in [3.8, 4) is 0 Å². The summed E-state index contributed by atoms with van der Waals surface area (Å²) in [7, 11) is 0. The van der Waals surface area contributed by atoms with Crippen LogP contribution in [0.5, 0.6) is 0 Å². The average Bonchev–Trinajstić information content (AvgIpc) is 2.27. The van der Waals surface area contributed by atoms with Crippen molar-refractivity contribution in [1.82, 2.24) is 5.32 Å². The highest BCUT2D eigenvalue weighted by Gasteiger charge is 2.33. The third-order valence-electron chi connectivity index (χ3n) is 3.50. The topological polar surface area (TPSA) is 66.4 Å². The number of rotatable bonds is 4. The van der Waals surface area contributed by atoms with Crippen molar-refractivity contribution in [3.63, 3.8) is 0 Å². The molecule has 0 heterocycles. The van der Waals surface area contributed by atoms with Crippen LogP contribution in [0, 0.1) is 0 Å². The Morgan fingerprint density at radius 3 is 2.56 bits per heavy atom. The molecule has 1 aromatic carbocycles. The molecule has 0 aromatic heterocycles. The van der Waals surface area contributed by atoms with E-state index in [1.165, 1.54) is 6.07 Å². The molecule has 2 N–H and O–H groups in total. The summed E-state index contributed by atoms with van der Waals surface area (Å²) in [6, 6.07) is 6.63. The van der Waals surface area contributed by atoms with E-state index in [1.54, 1.807) is 18.2 Å². The van der Waals surface area contributed by atoms with Gasteiger partial charge in [-0.15, -0.1) is 0 Å². The van der Waals surface area contributed by atoms with Crippen molar-refractivity contribution in [2.45, 2.75) is 38.1 Å². The summed E-state index contributed by atoms with van der Waals surface area (Å²) < 4.78 is 0. The Morgan fingerprint density at radius 1 is 1.33 bits per heavy atom. The van der Waals surface area contributed by atoms with Crippen LogP contribution in [0.3, 0.4) is 0 Å². The number of aromatic carboxylic acids is 1. The Morgan fingerprint density at radius 2 is 2.00 bits per heavy atom. The molecular weight excluding hydrogens is 230 g/mol. The zero-order valence-corrected chi connectivity index (χ0v) is 10.4. The normalized spacial score (nSPS) is 16.7. The molecule has 1 aliphatic carbocycles. The van der Waals surface area contributed by atoms with Gasteiger partial charge in [0.2, 0.25) is 5.91 Å². The van der Waals surface area contributed by atoms with Crippen molar-refractivity contribution >= 4 is 11.9 Å². The zero-order chi connectivity index (χ0) is 13.2. The first-order valence-electron chi connectivity index (χ1n) is 6.12. The molecule has 1 fully saturated rings. The summed E-state index contributed by atoms with van der Waals surface area (Å²) in [5.41, 5.74) is 0.673. The monoisotopic (exact) mass is 247 g/mol. The van der Waals surface area contributed by atoms with E-state index in [-0.39, 0.29) is 23.4 Å². The lowest BCUT2D eigenvalue weighted by Gasteiger charge is -2.39. The van der Waals surface area contributed by atoms with E-state index in [0.29, 0.717) is 5.56 Å². The van der Waals surface area contributed by atoms with E-state index in [9.17, 15) is 9.59 Å². The smallest absolute Gasteiger partial charge is 0.335 e. The van der Waals surface area contributed by atoms with Gasteiger partial charge in [0.1, 0.15) is 0 Å². The fourth-order valence-corrected chi connectivity index (χ4v) is 2.27. The molecule has 0 unspecified atom stereocenters. The van der Waals surface area contributed by atoms with Crippen LogP contribution in [0.15, 0.2) is 24.3 Å². The summed E-state index contributed by atoms with van der Waals surface area (Å²) in [5.74, 6) is -1.10. The van der Waals surface area contributed by atoms with Crippen molar-refractivity contribution in [2.75, 3.05) is 0 Å².